The zero-order chi connectivity index (χ0) is 28.8. The van der Waals surface area contributed by atoms with Crippen molar-refractivity contribution >= 4 is 76.2 Å². The van der Waals surface area contributed by atoms with E-state index in [2.05, 4.69) is 120 Å². The summed E-state index contributed by atoms with van der Waals surface area (Å²) in [5.41, 5.74) is 6.93. The van der Waals surface area contributed by atoms with Crippen molar-refractivity contribution in [1.29, 1.82) is 0 Å². The number of fused-ring (bicyclic) bond motifs is 12. The molecule has 0 aliphatic carbocycles. The van der Waals surface area contributed by atoms with Gasteiger partial charge >= 0.3 is 0 Å². The highest BCUT2D eigenvalue weighted by Gasteiger charge is 2.20. The van der Waals surface area contributed by atoms with Gasteiger partial charge in [0.25, 0.3) is 0 Å². The highest BCUT2D eigenvalue weighted by Crippen LogP contribution is 2.41. The van der Waals surface area contributed by atoms with E-state index in [0.29, 0.717) is 5.95 Å². The Morgan fingerprint density at radius 2 is 1.02 bits per heavy atom. The molecule has 0 aliphatic rings. The molecule has 4 nitrogen and oxygen atoms in total. The molecule has 0 amide bonds. The first-order valence-electron chi connectivity index (χ1n) is 14.8. The molecule has 0 unspecified atom stereocenters. The lowest BCUT2D eigenvalue weighted by molar-refractivity contribution is 0.672. The number of nitrogens with zero attached hydrogens (tertiary/aromatic N) is 3. The molecule has 0 saturated carbocycles. The molecule has 0 aliphatic heterocycles. The summed E-state index contributed by atoms with van der Waals surface area (Å²) in [5, 5.41) is 10.3. The van der Waals surface area contributed by atoms with Gasteiger partial charge in [0.2, 0.25) is 5.95 Å². The Hall–Kier alpha value is -6.00. The Morgan fingerprint density at radius 1 is 0.432 bits per heavy atom. The monoisotopic (exact) mass is 561 g/mol. The average Bonchev–Trinajstić information content (AvgIpc) is 3.64. The number of hydrogen-bond donors (Lipinski definition) is 0. The molecule has 0 N–H and O–H groups in total. The molecule has 7 aromatic carbocycles. The topological polar surface area (TPSA) is 43.9 Å². The van der Waals surface area contributed by atoms with Crippen LogP contribution in [0, 0.1) is 0 Å². The Balaban J connectivity index is 1.34. The van der Waals surface area contributed by atoms with Gasteiger partial charge in [0.1, 0.15) is 11.2 Å². The minimum absolute atomic E-state index is 0.661. The highest BCUT2D eigenvalue weighted by atomic mass is 16.3. The molecule has 0 fully saturated rings. The van der Waals surface area contributed by atoms with Crippen molar-refractivity contribution in [3.05, 3.63) is 140 Å². The summed E-state index contributed by atoms with van der Waals surface area (Å²) in [7, 11) is 0. The van der Waals surface area contributed by atoms with Crippen molar-refractivity contribution in [2.24, 2.45) is 0 Å². The highest BCUT2D eigenvalue weighted by molar-refractivity contribution is 6.26. The maximum absolute atomic E-state index is 6.41. The fourth-order valence-corrected chi connectivity index (χ4v) is 7.05. The predicted octanol–water partition coefficient (Wildman–Crippen LogP) is 10.6. The molecule has 3 heterocycles. The molecule has 10 aromatic rings. The van der Waals surface area contributed by atoms with Crippen LogP contribution in [-0.2, 0) is 0 Å². The van der Waals surface area contributed by atoms with Gasteiger partial charge in [-0.15, -0.1) is 0 Å². The van der Waals surface area contributed by atoms with Crippen LogP contribution in [0.4, 0.5) is 0 Å². The third-order valence-electron chi connectivity index (χ3n) is 9.01. The van der Waals surface area contributed by atoms with Crippen molar-refractivity contribution in [3.63, 3.8) is 0 Å². The van der Waals surface area contributed by atoms with Crippen molar-refractivity contribution in [2.45, 2.75) is 0 Å². The van der Waals surface area contributed by atoms with Crippen LogP contribution in [-0.4, -0.2) is 14.5 Å². The van der Waals surface area contributed by atoms with Gasteiger partial charge in [-0.25, -0.2) is 9.97 Å². The van der Waals surface area contributed by atoms with Crippen LogP contribution < -0.4 is 0 Å². The van der Waals surface area contributed by atoms with E-state index in [0.717, 1.165) is 71.3 Å². The Labute approximate surface area is 251 Å². The molecule has 0 saturated heterocycles. The van der Waals surface area contributed by atoms with Crippen LogP contribution in [0.5, 0.6) is 0 Å². The van der Waals surface area contributed by atoms with Gasteiger partial charge in [0, 0.05) is 43.3 Å². The van der Waals surface area contributed by atoms with Crippen molar-refractivity contribution in [1.82, 2.24) is 14.5 Å². The number of aromatic nitrogens is 3. The van der Waals surface area contributed by atoms with E-state index in [1.807, 2.05) is 24.3 Å². The molecule has 0 spiro atoms. The molecule has 10 rings (SSSR count). The quantitative estimate of drug-likeness (QED) is 0.197. The maximum atomic E-state index is 6.41. The second kappa shape index (κ2) is 8.76. The maximum Gasteiger partial charge on any atom is 0.235 e. The predicted molar refractivity (Wildman–Crippen MR) is 182 cm³/mol. The number of rotatable bonds is 2. The summed E-state index contributed by atoms with van der Waals surface area (Å²) in [5.74, 6) is 0.661. The van der Waals surface area contributed by atoms with Crippen molar-refractivity contribution in [2.75, 3.05) is 0 Å². The largest absolute Gasteiger partial charge is 0.455 e. The van der Waals surface area contributed by atoms with Crippen LogP contribution in [0.25, 0.3) is 93.4 Å². The smallest absolute Gasteiger partial charge is 0.235 e. The Morgan fingerprint density at radius 3 is 1.86 bits per heavy atom. The van der Waals surface area contributed by atoms with Gasteiger partial charge in [-0.05, 0) is 41.1 Å². The average molecular weight is 562 g/mol. The second-order valence-electron chi connectivity index (χ2n) is 11.4. The van der Waals surface area contributed by atoms with Gasteiger partial charge in [-0.1, -0.05) is 109 Å². The van der Waals surface area contributed by atoms with E-state index in [1.54, 1.807) is 0 Å². The van der Waals surface area contributed by atoms with E-state index in [-0.39, 0.29) is 0 Å². The molecular weight excluding hydrogens is 538 g/mol. The SMILES string of the molecule is c1ccc(-c2nc(-n3c4ccccc4c4ccc5c6ccc7c8ccccc8oc7c6ccc5c43)nc3ccccc23)cc1. The molecule has 0 bridgehead atoms. The first kappa shape index (κ1) is 23.6. The van der Waals surface area contributed by atoms with Crippen molar-refractivity contribution in [3.8, 4) is 17.2 Å². The molecule has 0 atom stereocenters. The Bertz CT molecular complexity index is 2770. The van der Waals surface area contributed by atoms with Crippen LogP contribution >= 0.6 is 0 Å². The molecule has 4 heteroatoms. The summed E-state index contributed by atoms with van der Waals surface area (Å²) in [6.07, 6.45) is 0. The van der Waals surface area contributed by atoms with Gasteiger partial charge < -0.3 is 4.42 Å². The van der Waals surface area contributed by atoms with Crippen molar-refractivity contribution < 1.29 is 4.42 Å². The lowest BCUT2D eigenvalue weighted by Gasteiger charge is -2.13. The minimum Gasteiger partial charge on any atom is -0.455 e. The lowest BCUT2D eigenvalue weighted by atomic mass is 9.98. The third-order valence-corrected chi connectivity index (χ3v) is 9.01. The van der Waals surface area contributed by atoms with Gasteiger partial charge in [0.15, 0.2) is 0 Å². The van der Waals surface area contributed by atoms with Crippen LogP contribution in [0.2, 0.25) is 0 Å². The van der Waals surface area contributed by atoms with Gasteiger partial charge in [-0.3, -0.25) is 4.57 Å². The van der Waals surface area contributed by atoms with E-state index < -0.39 is 0 Å². The Kier molecular flexibility index (Phi) is 4.69. The number of furan rings is 1. The van der Waals surface area contributed by atoms with E-state index in [1.165, 1.54) is 16.2 Å². The zero-order valence-electron chi connectivity index (χ0n) is 23.5. The summed E-state index contributed by atoms with van der Waals surface area (Å²) in [6.45, 7) is 0. The van der Waals surface area contributed by atoms with Gasteiger partial charge in [-0.2, -0.15) is 0 Å². The number of benzene rings is 7. The summed E-state index contributed by atoms with van der Waals surface area (Å²) in [4.78, 5) is 10.5. The molecule has 204 valence electrons. The van der Waals surface area contributed by atoms with Crippen LogP contribution in [0.3, 0.4) is 0 Å². The summed E-state index contributed by atoms with van der Waals surface area (Å²) < 4.78 is 8.66. The summed E-state index contributed by atoms with van der Waals surface area (Å²) in [6, 6.07) is 48.8. The molecule has 3 aromatic heterocycles. The minimum atomic E-state index is 0.661. The summed E-state index contributed by atoms with van der Waals surface area (Å²) >= 11 is 0. The third kappa shape index (κ3) is 3.17. The molecule has 0 radical (unpaired) electrons. The lowest BCUT2D eigenvalue weighted by Crippen LogP contribution is -2.03. The molecular formula is C40H23N3O. The second-order valence-corrected chi connectivity index (χ2v) is 11.4. The van der Waals surface area contributed by atoms with Crippen LogP contribution in [0.1, 0.15) is 0 Å². The van der Waals surface area contributed by atoms with Crippen LogP contribution in [0.15, 0.2) is 144 Å². The fraction of sp³-hybridized carbons (Fsp3) is 0. The van der Waals surface area contributed by atoms with E-state index in [4.69, 9.17) is 14.4 Å². The number of para-hydroxylation sites is 3. The first-order valence-corrected chi connectivity index (χ1v) is 14.8. The fourth-order valence-electron chi connectivity index (χ4n) is 7.05. The van der Waals surface area contributed by atoms with E-state index in [9.17, 15) is 0 Å². The zero-order valence-corrected chi connectivity index (χ0v) is 23.5. The standard InChI is InChI=1S/C40H23N3O/c1-2-10-24(11-3-1)37-33-14-4-7-15-34(33)41-40(42-37)43-35-16-8-5-12-27(35)30-20-18-25-26-19-22-32-28-13-6-9-17-36(28)44-39(32)31(26)23-21-29(25)38(30)43/h1-23H. The van der Waals surface area contributed by atoms with E-state index >= 15 is 0 Å². The normalized spacial score (nSPS) is 12.1. The number of hydrogen-bond acceptors (Lipinski definition) is 3. The first-order chi connectivity index (χ1) is 21.8. The van der Waals surface area contributed by atoms with Gasteiger partial charge in [0.05, 0.1) is 22.2 Å². The molecule has 44 heavy (non-hydrogen) atoms.